The second kappa shape index (κ2) is 3.00. The van der Waals surface area contributed by atoms with E-state index in [4.69, 9.17) is 5.73 Å². The van der Waals surface area contributed by atoms with Crippen molar-refractivity contribution in [1.82, 2.24) is 9.97 Å². The van der Waals surface area contributed by atoms with Gasteiger partial charge in [-0.15, -0.1) is 0 Å². The number of nitrogen functional groups attached to an aromatic ring is 1. The minimum absolute atomic E-state index is 0.307. The topological polar surface area (TPSA) is 63.8 Å². The number of nitrogens with one attached hydrogen (secondary N) is 1. The molecule has 4 heteroatoms. The summed E-state index contributed by atoms with van der Waals surface area (Å²) in [4.78, 5) is 7.60. The predicted octanol–water partition coefficient (Wildman–Crippen LogP) is 0.491. The van der Waals surface area contributed by atoms with E-state index in [1.165, 1.54) is 0 Å². The van der Waals surface area contributed by atoms with Crippen LogP contribution in [0, 0.1) is 0 Å². The van der Waals surface area contributed by atoms with E-state index < -0.39 is 0 Å². The van der Waals surface area contributed by atoms with Crippen LogP contribution in [0.5, 0.6) is 0 Å². The van der Waals surface area contributed by atoms with E-state index in [1.54, 1.807) is 12.4 Å². The summed E-state index contributed by atoms with van der Waals surface area (Å²) in [5.41, 5.74) is 6.17. The van der Waals surface area contributed by atoms with Crippen LogP contribution in [0.3, 0.4) is 0 Å². The van der Waals surface area contributed by atoms with Crippen LogP contribution in [-0.2, 0) is 0 Å². The van der Waals surface area contributed by atoms with Crippen molar-refractivity contribution in [3.8, 4) is 0 Å². The molecular weight excluding hydrogens is 128 g/mol. The molecule has 0 unspecified atom stereocenters. The summed E-state index contributed by atoms with van der Waals surface area (Å²) < 4.78 is 0. The van der Waals surface area contributed by atoms with Gasteiger partial charge in [-0.2, -0.15) is 0 Å². The number of nitrogens with two attached hydrogens (primary N) is 1. The molecule has 0 bridgehead atoms. The Morgan fingerprint density at radius 3 is 2.60 bits per heavy atom. The molecule has 0 spiro atoms. The molecule has 0 aliphatic heterocycles. The summed E-state index contributed by atoms with van der Waals surface area (Å²) >= 11 is 0. The molecule has 54 valence electrons. The molecule has 0 saturated heterocycles. The summed E-state index contributed by atoms with van der Waals surface area (Å²) in [6.45, 7) is 2.88. The highest BCUT2D eigenvalue weighted by atomic mass is 15.0. The zero-order valence-corrected chi connectivity index (χ0v) is 5.83. The molecule has 0 amide bonds. The molecule has 4 nitrogen and oxygen atoms in total. The van der Waals surface area contributed by atoms with Gasteiger partial charge in [-0.1, -0.05) is 0 Å². The van der Waals surface area contributed by atoms with E-state index in [9.17, 15) is 0 Å². The molecule has 0 aromatic carbocycles. The van der Waals surface area contributed by atoms with E-state index in [1.807, 2.05) is 6.92 Å². The second-order valence-electron chi connectivity index (χ2n) is 1.86. The molecular formula is C6H10N4. The van der Waals surface area contributed by atoms with Crippen LogP contribution in [0.4, 0.5) is 11.6 Å². The van der Waals surface area contributed by atoms with Crippen molar-refractivity contribution in [1.29, 1.82) is 0 Å². The molecule has 0 saturated carbocycles. The summed E-state index contributed by atoms with van der Waals surface area (Å²) in [7, 11) is 0. The maximum absolute atomic E-state index is 5.27. The number of hydrogen-bond donors (Lipinski definition) is 2. The number of hydrogen-bond acceptors (Lipinski definition) is 4. The Hall–Kier alpha value is -1.32. The Balaban J connectivity index is 2.69. The van der Waals surface area contributed by atoms with Crippen LogP contribution in [0.1, 0.15) is 6.92 Å². The smallest absolute Gasteiger partial charge is 0.220 e. The first-order chi connectivity index (χ1) is 4.83. The zero-order chi connectivity index (χ0) is 7.40. The molecule has 0 aliphatic carbocycles. The zero-order valence-electron chi connectivity index (χ0n) is 5.83. The highest BCUT2D eigenvalue weighted by Gasteiger charge is 1.89. The van der Waals surface area contributed by atoms with Crippen molar-refractivity contribution in [3.63, 3.8) is 0 Å². The fourth-order valence-electron chi connectivity index (χ4n) is 0.633. The lowest BCUT2D eigenvalue weighted by Crippen LogP contribution is -1.99. The largest absolute Gasteiger partial charge is 0.383 e. The third-order valence-corrected chi connectivity index (χ3v) is 1.05. The van der Waals surface area contributed by atoms with Crippen molar-refractivity contribution in [2.45, 2.75) is 6.92 Å². The summed E-state index contributed by atoms with van der Waals surface area (Å²) in [5.74, 6) is 0.307. The molecule has 1 aromatic rings. The Labute approximate surface area is 59.5 Å². The minimum Gasteiger partial charge on any atom is -0.383 e. The summed E-state index contributed by atoms with van der Waals surface area (Å²) in [6.07, 6.45) is 3.32. The number of rotatable bonds is 2. The number of nitrogens with zero attached hydrogens (tertiary/aromatic N) is 2. The van der Waals surface area contributed by atoms with Crippen LogP contribution in [0.15, 0.2) is 12.4 Å². The fraction of sp³-hybridized carbons (Fsp3) is 0.333. The van der Waals surface area contributed by atoms with Gasteiger partial charge in [0.2, 0.25) is 5.95 Å². The molecule has 0 radical (unpaired) electrons. The number of anilines is 2. The van der Waals surface area contributed by atoms with Crippen LogP contribution < -0.4 is 11.1 Å². The second-order valence-corrected chi connectivity index (χ2v) is 1.86. The Morgan fingerprint density at radius 2 is 2.10 bits per heavy atom. The van der Waals surface area contributed by atoms with Gasteiger partial charge in [0.1, 0.15) is 0 Å². The van der Waals surface area contributed by atoms with E-state index >= 15 is 0 Å². The molecule has 0 atom stereocenters. The lowest BCUT2D eigenvalue weighted by molar-refractivity contribution is 1.14. The van der Waals surface area contributed by atoms with E-state index in [0.717, 1.165) is 12.2 Å². The highest BCUT2D eigenvalue weighted by Crippen LogP contribution is 2.01. The highest BCUT2D eigenvalue weighted by molar-refractivity contribution is 5.39. The van der Waals surface area contributed by atoms with E-state index in [0.29, 0.717) is 5.95 Å². The van der Waals surface area contributed by atoms with Gasteiger partial charge in [-0.05, 0) is 6.92 Å². The van der Waals surface area contributed by atoms with Gasteiger partial charge in [0.05, 0.1) is 18.1 Å². The van der Waals surface area contributed by atoms with Crippen LogP contribution >= 0.6 is 0 Å². The molecule has 10 heavy (non-hydrogen) atoms. The summed E-state index contributed by atoms with van der Waals surface area (Å²) in [6, 6.07) is 0. The Kier molecular flexibility index (Phi) is 2.04. The molecule has 3 N–H and O–H groups in total. The van der Waals surface area contributed by atoms with Crippen molar-refractivity contribution in [2.24, 2.45) is 0 Å². The lowest BCUT2D eigenvalue weighted by Gasteiger charge is -1.99. The monoisotopic (exact) mass is 138 g/mol. The van der Waals surface area contributed by atoms with Gasteiger partial charge in [0.15, 0.2) is 0 Å². The third-order valence-electron chi connectivity index (χ3n) is 1.05. The molecule has 1 heterocycles. The number of aromatic nitrogens is 2. The fourth-order valence-corrected chi connectivity index (χ4v) is 0.633. The molecule has 0 aliphatic rings. The maximum atomic E-state index is 5.27. The Morgan fingerprint density at radius 1 is 1.50 bits per heavy atom. The van der Waals surface area contributed by atoms with Gasteiger partial charge in [0.25, 0.3) is 0 Å². The van der Waals surface area contributed by atoms with Crippen molar-refractivity contribution < 1.29 is 0 Å². The lowest BCUT2D eigenvalue weighted by atomic mass is 10.5. The molecule has 0 fully saturated rings. The van der Waals surface area contributed by atoms with Crippen LogP contribution in [-0.4, -0.2) is 16.5 Å². The van der Waals surface area contributed by atoms with E-state index in [-0.39, 0.29) is 0 Å². The van der Waals surface area contributed by atoms with Gasteiger partial charge >= 0.3 is 0 Å². The maximum Gasteiger partial charge on any atom is 0.220 e. The van der Waals surface area contributed by atoms with Crippen LogP contribution in [0.25, 0.3) is 0 Å². The average Bonchev–Trinajstić information content (AvgIpc) is 1.95. The van der Waals surface area contributed by atoms with Crippen molar-refractivity contribution in [3.05, 3.63) is 12.4 Å². The first-order valence-electron chi connectivity index (χ1n) is 3.14. The standard InChI is InChI=1S/C6H10N4/c1-2-8-5-3-9-6(7)10-4-5/h3-4,8H,2H2,1H3,(H2,7,9,10). The molecule has 1 aromatic heterocycles. The van der Waals surface area contributed by atoms with E-state index in [2.05, 4.69) is 15.3 Å². The third kappa shape index (κ3) is 1.58. The average molecular weight is 138 g/mol. The first kappa shape index (κ1) is 6.80. The van der Waals surface area contributed by atoms with Gasteiger partial charge in [0, 0.05) is 6.54 Å². The Bertz CT molecular complexity index is 193. The van der Waals surface area contributed by atoms with Crippen LogP contribution in [0.2, 0.25) is 0 Å². The normalized spacial score (nSPS) is 9.30. The first-order valence-corrected chi connectivity index (χ1v) is 3.14. The van der Waals surface area contributed by atoms with Crippen molar-refractivity contribution >= 4 is 11.6 Å². The van der Waals surface area contributed by atoms with Gasteiger partial charge in [-0.25, -0.2) is 9.97 Å². The minimum atomic E-state index is 0.307. The molecule has 1 rings (SSSR count). The van der Waals surface area contributed by atoms with Gasteiger partial charge < -0.3 is 11.1 Å². The SMILES string of the molecule is CCNc1cnc(N)nc1. The van der Waals surface area contributed by atoms with Crippen molar-refractivity contribution in [2.75, 3.05) is 17.6 Å². The quantitative estimate of drug-likeness (QED) is 0.624. The summed E-state index contributed by atoms with van der Waals surface area (Å²) in [5, 5.41) is 3.05. The van der Waals surface area contributed by atoms with Gasteiger partial charge in [-0.3, -0.25) is 0 Å². The predicted molar refractivity (Wildman–Crippen MR) is 40.6 cm³/mol.